The summed E-state index contributed by atoms with van der Waals surface area (Å²) in [5, 5.41) is 9.33. The molecule has 114 valence electrons. The van der Waals surface area contributed by atoms with Gasteiger partial charge < -0.3 is 15.6 Å². The lowest BCUT2D eigenvalue weighted by atomic mass is 9.84. The second-order valence-electron chi connectivity index (χ2n) is 5.71. The maximum absolute atomic E-state index is 9.33. The van der Waals surface area contributed by atoms with Crippen molar-refractivity contribution in [1.82, 2.24) is 0 Å². The highest BCUT2D eigenvalue weighted by Gasteiger charge is 2.19. The highest BCUT2D eigenvalue weighted by molar-refractivity contribution is 5.49. The molecular formula is C17H29NO2. The number of nitrogens with two attached hydrogens (primary N) is 1. The first-order valence-electron chi connectivity index (χ1n) is 7.50. The number of benzene rings is 1. The molecule has 0 saturated heterocycles. The van der Waals surface area contributed by atoms with Gasteiger partial charge in [-0.3, -0.25) is 0 Å². The van der Waals surface area contributed by atoms with Crippen LogP contribution in [0.5, 0.6) is 5.75 Å². The summed E-state index contributed by atoms with van der Waals surface area (Å²) in [7, 11) is 0. The normalized spacial score (nSPS) is 14.2. The van der Waals surface area contributed by atoms with Crippen LogP contribution in [0.15, 0.2) is 6.07 Å². The zero-order valence-corrected chi connectivity index (χ0v) is 13.5. The van der Waals surface area contributed by atoms with Gasteiger partial charge in [0.15, 0.2) is 0 Å². The Balaban J connectivity index is 3.09. The summed E-state index contributed by atoms with van der Waals surface area (Å²) in [5.74, 6) is 1.55. The van der Waals surface area contributed by atoms with E-state index in [0.29, 0.717) is 19.1 Å². The number of rotatable bonds is 7. The Labute approximate surface area is 123 Å². The summed E-state index contributed by atoms with van der Waals surface area (Å²) < 4.78 is 5.70. The van der Waals surface area contributed by atoms with E-state index in [9.17, 15) is 5.11 Å². The Bertz CT molecular complexity index is 439. The molecule has 3 nitrogen and oxygen atoms in total. The largest absolute Gasteiger partial charge is 0.494 e. The van der Waals surface area contributed by atoms with Crippen molar-refractivity contribution in [2.45, 2.75) is 47.0 Å². The summed E-state index contributed by atoms with van der Waals surface area (Å²) in [5.41, 5.74) is 10.9. The summed E-state index contributed by atoms with van der Waals surface area (Å²) in [6.07, 6.45) is 0.919. The average molecular weight is 279 g/mol. The fraction of sp³-hybridized carbons (Fsp3) is 0.647. The van der Waals surface area contributed by atoms with E-state index in [2.05, 4.69) is 33.8 Å². The van der Waals surface area contributed by atoms with Crippen LogP contribution >= 0.6 is 0 Å². The molecule has 0 aliphatic rings. The molecule has 0 aromatic heterocycles. The second-order valence-corrected chi connectivity index (χ2v) is 5.71. The van der Waals surface area contributed by atoms with Crippen LogP contribution < -0.4 is 10.5 Å². The Morgan fingerprint density at radius 1 is 1.25 bits per heavy atom. The maximum Gasteiger partial charge on any atom is 0.122 e. The van der Waals surface area contributed by atoms with Gasteiger partial charge in [0.2, 0.25) is 0 Å². The number of aliphatic hydroxyl groups excluding tert-OH is 1. The predicted octanol–water partition coefficient (Wildman–Crippen LogP) is 3.07. The van der Waals surface area contributed by atoms with Crippen molar-refractivity contribution in [1.29, 1.82) is 0 Å². The highest BCUT2D eigenvalue weighted by atomic mass is 16.5. The quantitative estimate of drug-likeness (QED) is 0.806. The van der Waals surface area contributed by atoms with Crippen LogP contribution in [0, 0.1) is 26.7 Å². The van der Waals surface area contributed by atoms with Crippen LogP contribution in [0.4, 0.5) is 0 Å². The molecule has 1 rings (SSSR count). The molecule has 20 heavy (non-hydrogen) atoms. The van der Waals surface area contributed by atoms with Crippen LogP contribution in [0.1, 0.15) is 48.4 Å². The van der Waals surface area contributed by atoms with E-state index in [-0.39, 0.29) is 12.5 Å². The Morgan fingerprint density at radius 2 is 1.90 bits per heavy atom. The van der Waals surface area contributed by atoms with E-state index in [1.165, 1.54) is 22.3 Å². The topological polar surface area (TPSA) is 55.5 Å². The lowest BCUT2D eigenvalue weighted by molar-refractivity contribution is 0.217. The van der Waals surface area contributed by atoms with Crippen molar-refractivity contribution >= 4 is 0 Å². The van der Waals surface area contributed by atoms with E-state index in [1.807, 2.05) is 6.92 Å². The monoisotopic (exact) mass is 279 g/mol. The van der Waals surface area contributed by atoms with Crippen molar-refractivity contribution < 1.29 is 9.84 Å². The second kappa shape index (κ2) is 7.65. The van der Waals surface area contributed by atoms with Crippen molar-refractivity contribution in [3.05, 3.63) is 28.3 Å². The summed E-state index contributed by atoms with van der Waals surface area (Å²) >= 11 is 0. The third-order valence-electron chi connectivity index (χ3n) is 4.18. The zero-order valence-electron chi connectivity index (χ0n) is 13.5. The van der Waals surface area contributed by atoms with Crippen molar-refractivity contribution in [2.24, 2.45) is 11.7 Å². The smallest absolute Gasteiger partial charge is 0.122 e. The number of hydrogen-bond donors (Lipinski definition) is 2. The minimum Gasteiger partial charge on any atom is -0.494 e. The number of ether oxygens (including phenoxy) is 1. The Morgan fingerprint density at radius 3 is 2.40 bits per heavy atom. The summed E-state index contributed by atoms with van der Waals surface area (Å²) in [6.45, 7) is 12.0. The molecule has 1 aromatic rings. The van der Waals surface area contributed by atoms with Gasteiger partial charge in [0.05, 0.1) is 6.61 Å². The third kappa shape index (κ3) is 3.74. The molecule has 3 heteroatoms. The molecule has 0 bridgehead atoms. The molecule has 0 radical (unpaired) electrons. The third-order valence-corrected chi connectivity index (χ3v) is 4.18. The maximum atomic E-state index is 9.33. The number of aliphatic hydroxyl groups is 1. The van der Waals surface area contributed by atoms with E-state index in [1.54, 1.807) is 0 Å². The summed E-state index contributed by atoms with van der Waals surface area (Å²) in [6, 6.07) is 2.13. The zero-order chi connectivity index (χ0) is 15.3. The van der Waals surface area contributed by atoms with E-state index in [0.717, 1.165) is 12.2 Å². The van der Waals surface area contributed by atoms with E-state index >= 15 is 0 Å². The average Bonchev–Trinajstić information content (AvgIpc) is 2.42. The highest BCUT2D eigenvalue weighted by Crippen LogP contribution is 2.34. The Kier molecular flexibility index (Phi) is 6.50. The molecule has 0 heterocycles. The molecule has 2 atom stereocenters. The molecule has 0 spiro atoms. The van der Waals surface area contributed by atoms with Gasteiger partial charge in [-0.15, -0.1) is 0 Å². The van der Waals surface area contributed by atoms with Gasteiger partial charge in [0.1, 0.15) is 5.75 Å². The molecule has 0 saturated carbocycles. The standard InChI is InChI=1S/C17H29NO2/c1-6-20-16-8-12(3)17(14(5)13(16)4)11(2)7-15(9-18)10-19/h8,11,15,19H,6-7,9-10,18H2,1-5H3. The number of aryl methyl sites for hydroxylation is 1. The van der Waals surface area contributed by atoms with Gasteiger partial charge in [-0.1, -0.05) is 6.92 Å². The van der Waals surface area contributed by atoms with Crippen molar-refractivity contribution in [2.75, 3.05) is 19.8 Å². The van der Waals surface area contributed by atoms with Crippen LogP contribution in [0.2, 0.25) is 0 Å². The number of hydrogen-bond acceptors (Lipinski definition) is 3. The SMILES string of the molecule is CCOc1cc(C)c(C(C)CC(CN)CO)c(C)c1C. The molecule has 0 amide bonds. The molecule has 1 aromatic carbocycles. The molecule has 2 unspecified atom stereocenters. The first kappa shape index (κ1) is 17.0. The van der Waals surface area contributed by atoms with Gasteiger partial charge in [0.25, 0.3) is 0 Å². The van der Waals surface area contributed by atoms with Crippen LogP contribution in [0.3, 0.4) is 0 Å². The Hall–Kier alpha value is -1.06. The molecule has 3 N–H and O–H groups in total. The predicted molar refractivity (Wildman–Crippen MR) is 84.5 cm³/mol. The van der Waals surface area contributed by atoms with Gasteiger partial charge in [-0.2, -0.15) is 0 Å². The van der Waals surface area contributed by atoms with Crippen LogP contribution in [-0.4, -0.2) is 24.9 Å². The van der Waals surface area contributed by atoms with Gasteiger partial charge in [-0.05, 0) is 80.8 Å². The molecule has 0 aliphatic carbocycles. The van der Waals surface area contributed by atoms with E-state index in [4.69, 9.17) is 10.5 Å². The van der Waals surface area contributed by atoms with Crippen molar-refractivity contribution in [3.8, 4) is 5.75 Å². The first-order valence-corrected chi connectivity index (χ1v) is 7.50. The fourth-order valence-electron chi connectivity index (χ4n) is 2.99. The molecule has 0 fully saturated rings. The van der Waals surface area contributed by atoms with Crippen molar-refractivity contribution in [3.63, 3.8) is 0 Å². The molecule has 0 aliphatic heterocycles. The lowest BCUT2D eigenvalue weighted by Crippen LogP contribution is -2.20. The lowest BCUT2D eigenvalue weighted by Gasteiger charge is -2.24. The minimum absolute atomic E-state index is 0.162. The van der Waals surface area contributed by atoms with Gasteiger partial charge in [-0.25, -0.2) is 0 Å². The van der Waals surface area contributed by atoms with Crippen LogP contribution in [0.25, 0.3) is 0 Å². The van der Waals surface area contributed by atoms with E-state index < -0.39 is 0 Å². The minimum atomic E-state index is 0.162. The van der Waals surface area contributed by atoms with Crippen LogP contribution in [-0.2, 0) is 0 Å². The first-order chi connectivity index (χ1) is 9.46. The summed E-state index contributed by atoms with van der Waals surface area (Å²) in [4.78, 5) is 0. The van der Waals surface area contributed by atoms with Gasteiger partial charge >= 0.3 is 0 Å². The molecular weight excluding hydrogens is 250 g/mol. The fourth-order valence-corrected chi connectivity index (χ4v) is 2.99. The van der Waals surface area contributed by atoms with Gasteiger partial charge in [0, 0.05) is 6.61 Å².